The first-order valence-corrected chi connectivity index (χ1v) is 12.3. The number of alkyl halides is 3. The van der Waals surface area contributed by atoms with Crippen LogP contribution in [0.25, 0.3) is 16.7 Å². The fourth-order valence-electron chi connectivity index (χ4n) is 5.45. The van der Waals surface area contributed by atoms with Crippen molar-refractivity contribution in [3.8, 4) is 17.2 Å². The second-order valence-corrected chi connectivity index (χ2v) is 9.65. The maximum Gasteiger partial charge on any atom is 0.471 e. The van der Waals surface area contributed by atoms with Crippen LogP contribution >= 0.6 is 0 Å². The number of rotatable bonds is 5. The lowest BCUT2D eigenvalue weighted by atomic mass is 9.97. The van der Waals surface area contributed by atoms with Crippen LogP contribution < -0.4 is 14.4 Å². The van der Waals surface area contributed by atoms with Crippen molar-refractivity contribution >= 4 is 28.6 Å². The van der Waals surface area contributed by atoms with Crippen molar-refractivity contribution in [1.29, 1.82) is 0 Å². The maximum absolute atomic E-state index is 14.1. The summed E-state index contributed by atoms with van der Waals surface area (Å²) < 4.78 is 68.9. The van der Waals surface area contributed by atoms with Gasteiger partial charge in [-0.15, -0.1) is 0 Å². The Morgan fingerprint density at radius 3 is 2.62 bits per heavy atom. The highest BCUT2D eigenvalue weighted by molar-refractivity contribution is 5.98. The number of carboxylic acids is 1. The van der Waals surface area contributed by atoms with Crippen LogP contribution in [0.4, 0.5) is 23.2 Å². The quantitative estimate of drug-likeness (QED) is 0.329. The number of aromatic nitrogens is 2. The number of carbonyl (C=O) groups is 2. The van der Waals surface area contributed by atoms with Crippen LogP contribution in [0, 0.1) is 12.7 Å². The molecule has 0 radical (unpaired) electrons. The van der Waals surface area contributed by atoms with Gasteiger partial charge in [0.2, 0.25) is 0 Å². The molecule has 1 amide bonds. The molecule has 4 aromatic rings. The van der Waals surface area contributed by atoms with E-state index in [4.69, 9.17) is 14.6 Å². The lowest BCUT2D eigenvalue weighted by molar-refractivity contribution is -0.171. The van der Waals surface area contributed by atoms with Crippen LogP contribution in [0.5, 0.6) is 11.5 Å². The Hall–Kier alpha value is -4.61. The van der Waals surface area contributed by atoms with E-state index in [1.807, 2.05) is 0 Å². The van der Waals surface area contributed by atoms with Crippen molar-refractivity contribution in [3.05, 3.63) is 77.4 Å². The summed E-state index contributed by atoms with van der Waals surface area (Å²) >= 11 is 0. The number of aliphatic carboxylic acids is 1. The molecule has 8 nitrogen and oxygen atoms in total. The van der Waals surface area contributed by atoms with Crippen LogP contribution in [-0.2, 0) is 9.59 Å². The number of benzene rings is 3. The summed E-state index contributed by atoms with van der Waals surface area (Å²) in [5, 5.41) is 9.15. The van der Waals surface area contributed by atoms with E-state index in [-0.39, 0.29) is 36.8 Å². The Bertz CT molecular complexity index is 1680. The van der Waals surface area contributed by atoms with Crippen molar-refractivity contribution in [3.63, 3.8) is 0 Å². The molecule has 2 aliphatic rings. The number of halogens is 4. The van der Waals surface area contributed by atoms with Crippen molar-refractivity contribution in [1.82, 2.24) is 9.55 Å². The van der Waals surface area contributed by atoms with E-state index in [1.165, 1.54) is 36.4 Å². The molecule has 0 bridgehead atoms. The van der Waals surface area contributed by atoms with E-state index in [0.717, 1.165) is 0 Å². The highest BCUT2D eigenvalue weighted by Crippen LogP contribution is 2.46. The van der Waals surface area contributed by atoms with Gasteiger partial charge in [-0.05, 0) is 31.2 Å². The Morgan fingerprint density at radius 2 is 1.88 bits per heavy atom. The van der Waals surface area contributed by atoms with E-state index in [9.17, 15) is 27.2 Å². The third kappa shape index (κ3) is 4.19. The molecule has 1 N–H and O–H groups in total. The van der Waals surface area contributed by atoms with Crippen molar-refractivity contribution in [2.24, 2.45) is 0 Å². The number of para-hydroxylation sites is 1. The smallest absolute Gasteiger partial charge is 0.471 e. The SMILES string of the molecule is Cc1nc2ccc(F)cc2n1-c1cccc2c1OC[C@H]2N(C(=O)C(F)(F)F)c1ccc2c(c1)OC[C@H]2CC(=O)O. The first kappa shape index (κ1) is 25.7. The maximum atomic E-state index is 14.1. The standard InChI is InChI=1S/C28H21F4N3O5/c1-14-33-20-8-5-16(29)10-22(20)34(14)21-4-2-3-19-23(13-40-26(19)21)35(27(38)28(30,31)32)17-6-7-18-15(9-25(36)37)12-39-24(18)11-17/h2-8,10-11,15,23H,9,12-13H2,1H3,(H,36,37)/t15-,23-/m1/s1. The first-order chi connectivity index (χ1) is 19.0. The summed E-state index contributed by atoms with van der Waals surface area (Å²) in [4.78, 5) is 29.1. The minimum Gasteiger partial charge on any atom is -0.493 e. The van der Waals surface area contributed by atoms with Gasteiger partial charge in [-0.1, -0.05) is 18.2 Å². The number of ether oxygens (including phenoxy) is 2. The molecule has 0 spiro atoms. The van der Waals surface area contributed by atoms with Gasteiger partial charge < -0.3 is 14.6 Å². The largest absolute Gasteiger partial charge is 0.493 e. The Morgan fingerprint density at radius 1 is 1.07 bits per heavy atom. The van der Waals surface area contributed by atoms with E-state index < -0.39 is 35.8 Å². The molecular weight excluding hydrogens is 534 g/mol. The van der Waals surface area contributed by atoms with E-state index in [1.54, 1.807) is 29.7 Å². The number of hydrogen-bond acceptors (Lipinski definition) is 5. The fraction of sp³-hybridized carbons (Fsp3) is 0.250. The molecule has 206 valence electrons. The topological polar surface area (TPSA) is 93.9 Å². The molecule has 0 saturated carbocycles. The average molecular weight is 555 g/mol. The minimum absolute atomic E-state index is 0.0653. The van der Waals surface area contributed by atoms with Gasteiger partial charge in [0, 0.05) is 34.9 Å². The zero-order valence-electron chi connectivity index (χ0n) is 20.9. The Labute approximate surface area is 224 Å². The van der Waals surface area contributed by atoms with Gasteiger partial charge in [0.15, 0.2) is 0 Å². The number of anilines is 1. The van der Waals surface area contributed by atoms with Crippen LogP contribution in [0.2, 0.25) is 0 Å². The lowest BCUT2D eigenvalue weighted by Gasteiger charge is -2.29. The number of carboxylic acid groups (broad SMARTS) is 1. The van der Waals surface area contributed by atoms with Crippen molar-refractivity contribution in [2.45, 2.75) is 31.5 Å². The third-order valence-corrected chi connectivity index (χ3v) is 7.14. The predicted molar refractivity (Wildman–Crippen MR) is 134 cm³/mol. The number of amides is 1. The molecule has 1 aromatic heterocycles. The van der Waals surface area contributed by atoms with Crippen LogP contribution in [0.1, 0.15) is 35.3 Å². The van der Waals surface area contributed by atoms with Crippen molar-refractivity contribution in [2.75, 3.05) is 18.1 Å². The van der Waals surface area contributed by atoms with E-state index in [0.29, 0.717) is 38.6 Å². The highest BCUT2D eigenvalue weighted by atomic mass is 19.4. The highest BCUT2D eigenvalue weighted by Gasteiger charge is 2.48. The second-order valence-electron chi connectivity index (χ2n) is 9.65. The molecule has 40 heavy (non-hydrogen) atoms. The van der Waals surface area contributed by atoms with E-state index >= 15 is 0 Å². The van der Waals surface area contributed by atoms with Gasteiger partial charge in [-0.2, -0.15) is 13.2 Å². The lowest BCUT2D eigenvalue weighted by Crippen LogP contribution is -2.44. The Balaban J connectivity index is 1.45. The molecular formula is C28H21F4N3O5. The monoisotopic (exact) mass is 555 g/mol. The normalized spacial score (nSPS) is 17.7. The molecule has 6 rings (SSSR count). The summed E-state index contributed by atoms with van der Waals surface area (Å²) in [6.07, 6.45) is -5.39. The van der Waals surface area contributed by atoms with Gasteiger partial charge in [0.1, 0.15) is 29.7 Å². The molecule has 12 heteroatoms. The van der Waals surface area contributed by atoms with Crippen LogP contribution in [0.15, 0.2) is 54.6 Å². The predicted octanol–water partition coefficient (Wildman–Crippen LogP) is 5.45. The van der Waals surface area contributed by atoms with Gasteiger partial charge >= 0.3 is 18.1 Å². The number of carbonyl (C=O) groups excluding carboxylic acids is 1. The molecule has 0 aliphatic carbocycles. The molecule has 2 atom stereocenters. The fourth-order valence-corrected chi connectivity index (χ4v) is 5.45. The third-order valence-electron chi connectivity index (χ3n) is 7.14. The summed E-state index contributed by atoms with van der Waals surface area (Å²) in [6.45, 7) is 1.51. The van der Waals surface area contributed by atoms with E-state index in [2.05, 4.69) is 4.98 Å². The molecule has 3 heterocycles. The number of hydrogen-bond donors (Lipinski definition) is 1. The number of nitrogens with zero attached hydrogens (tertiary/aromatic N) is 3. The number of aryl methyl sites for hydroxylation is 1. The van der Waals surface area contributed by atoms with Crippen LogP contribution in [-0.4, -0.2) is 45.9 Å². The molecule has 0 fully saturated rings. The zero-order valence-corrected chi connectivity index (χ0v) is 20.9. The molecule has 0 saturated heterocycles. The zero-order chi connectivity index (χ0) is 28.3. The van der Waals surface area contributed by atoms with Gasteiger partial charge in [-0.25, -0.2) is 9.37 Å². The molecule has 2 aliphatic heterocycles. The van der Waals surface area contributed by atoms with Gasteiger partial charge in [-0.3, -0.25) is 19.1 Å². The average Bonchev–Trinajstić information content (AvgIpc) is 3.58. The summed E-state index contributed by atoms with van der Waals surface area (Å²) in [7, 11) is 0. The minimum atomic E-state index is -5.19. The molecule has 3 aromatic carbocycles. The Kier molecular flexibility index (Phi) is 5.93. The van der Waals surface area contributed by atoms with Gasteiger partial charge in [0.05, 0.1) is 35.8 Å². The van der Waals surface area contributed by atoms with Crippen LogP contribution in [0.3, 0.4) is 0 Å². The number of imidazole rings is 1. The summed E-state index contributed by atoms with van der Waals surface area (Å²) in [6, 6.07) is 12.0. The summed E-state index contributed by atoms with van der Waals surface area (Å²) in [5.41, 5.74) is 2.23. The van der Waals surface area contributed by atoms with Gasteiger partial charge in [0.25, 0.3) is 0 Å². The first-order valence-electron chi connectivity index (χ1n) is 12.3. The summed E-state index contributed by atoms with van der Waals surface area (Å²) in [5.74, 6) is -3.08. The second kappa shape index (κ2) is 9.25. The molecule has 0 unspecified atom stereocenters. The van der Waals surface area contributed by atoms with Crippen molar-refractivity contribution < 1.29 is 41.7 Å². The number of fused-ring (bicyclic) bond motifs is 3.